The highest BCUT2D eigenvalue weighted by atomic mass is 16.5. The van der Waals surface area contributed by atoms with Gasteiger partial charge < -0.3 is 9.64 Å². The summed E-state index contributed by atoms with van der Waals surface area (Å²) in [4.78, 5) is 18.4. The Hall–Kier alpha value is -1.81. The fraction of sp³-hybridized carbons (Fsp3) is 0.640. The summed E-state index contributed by atoms with van der Waals surface area (Å²) in [6, 6.07) is 7.45. The molecular weight excluding hydrogens is 360 g/mol. The van der Waals surface area contributed by atoms with Crippen molar-refractivity contribution >= 4 is 5.91 Å². The Kier molecular flexibility index (Phi) is 4.44. The second kappa shape index (κ2) is 7.16. The topological polar surface area (TPSA) is 32.8 Å². The molecule has 0 N–H and O–H groups in total. The maximum absolute atomic E-state index is 13.4. The van der Waals surface area contributed by atoms with Crippen molar-refractivity contribution in [3.8, 4) is 5.75 Å². The van der Waals surface area contributed by atoms with Crippen LogP contribution in [0.1, 0.15) is 49.7 Å². The molecule has 0 saturated carbocycles. The molecule has 0 radical (unpaired) electrons. The van der Waals surface area contributed by atoms with E-state index >= 15 is 0 Å². The predicted molar refractivity (Wildman–Crippen MR) is 113 cm³/mol. The second-order valence-electron chi connectivity index (χ2n) is 9.81. The van der Waals surface area contributed by atoms with E-state index in [1.807, 2.05) is 0 Å². The number of amides is 1. The van der Waals surface area contributed by atoms with Crippen molar-refractivity contribution in [1.29, 1.82) is 0 Å². The van der Waals surface area contributed by atoms with Crippen molar-refractivity contribution in [2.24, 2.45) is 11.8 Å². The predicted octanol–water partition coefficient (Wildman–Crippen LogP) is 3.59. The first-order valence-corrected chi connectivity index (χ1v) is 11.7. The molecular formula is C25H32N2O2. The third-order valence-corrected chi connectivity index (χ3v) is 8.09. The van der Waals surface area contributed by atoms with Crippen LogP contribution in [0.15, 0.2) is 29.8 Å². The van der Waals surface area contributed by atoms with Gasteiger partial charge in [0.05, 0.1) is 19.1 Å². The number of benzene rings is 1. The van der Waals surface area contributed by atoms with Crippen molar-refractivity contribution in [2.75, 3.05) is 26.2 Å². The minimum absolute atomic E-state index is 0.318. The molecule has 4 nitrogen and oxygen atoms in total. The van der Waals surface area contributed by atoms with Gasteiger partial charge in [0.25, 0.3) is 0 Å². The molecule has 6 rings (SSSR count). The highest BCUT2D eigenvalue weighted by Gasteiger charge is 2.46. The largest absolute Gasteiger partial charge is 0.493 e. The van der Waals surface area contributed by atoms with Gasteiger partial charge in [0.15, 0.2) is 0 Å². The molecule has 0 aromatic heterocycles. The smallest absolute Gasteiger partial charge is 0.227 e. The summed E-state index contributed by atoms with van der Waals surface area (Å²) < 4.78 is 5.63. The third-order valence-electron chi connectivity index (χ3n) is 8.09. The van der Waals surface area contributed by atoms with Crippen molar-refractivity contribution in [3.05, 3.63) is 41.0 Å². The zero-order valence-electron chi connectivity index (χ0n) is 17.3. The highest BCUT2D eigenvalue weighted by molar-refractivity contribution is 5.80. The summed E-state index contributed by atoms with van der Waals surface area (Å²) in [5, 5.41) is 0. The number of carbonyl (C=O) groups is 1. The molecule has 4 atom stereocenters. The maximum Gasteiger partial charge on any atom is 0.227 e. The summed E-state index contributed by atoms with van der Waals surface area (Å²) >= 11 is 0. The number of fused-ring (bicyclic) bond motifs is 7. The monoisotopic (exact) mass is 392 g/mol. The van der Waals surface area contributed by atoms with Crippen LogP contribution in [0, 0.1) is 11.8 Å². The summed E-state index contributed by atoms with van der Waals surface area (Å²) in [6.07, 6.45) is 11.8. The van der Waals surface area contributed by atoms with Crippen LogP contribution in [0.25, 0.3) is 0 Å². The molecule has 4 aliphatic heterocycles. The van der Waals surface area contributed by atoms with Crippen LogP contribution in [0.5, 0.6) is 5.75 Å². The molecule has 2 bridgehead atoms. The van der Waals surface area contributed by atoms with E-state index in [0.717, 1.165) is 49.3 Å². The van der Waals surface area contributed by atoms with Crippen molar-refractivity contribution in [3.63, 3.8) is 0 Å². The molecule has 3 fully saturated rings. The van der Waals surface area contributed by atoms with Gasteiger partial charge in [-0.3, -0.25) is 9.69 Å². The summed E-state index contributed by atoms with van der Waals surface area (Å²) in [7, 11) is 0. The highest BCUT2D eigenvalue weighted by Crippen LogP contribution is 2.45. The van der Waals surface area contributed by atoms with E-state index in [4.69, 9.17) is 4.74 Å². The Morgan fingerprint density at radius 2 is 2.10 bits per heavy atom. The standard InChI is InChI=1S/C25H32N2O2/c28-24(13-17-6-7-23-18(12-17)8-11-29-23)27-10-3-4-19-14-20-15-21(25(19)27)16-26-9-2-1-5-22(20)26/h6-7,12,14,20-22,25H,1-5,8-11,13,15-16H2/t20-,21-,22+,25-/m0/s1. The molecule has 0 unspecified atom stereocenters. The first kappa shape index (κ1) is 18.0. The van der Waals surface area contributed by atoms with Gasteiger partial charge in [0.2, 0.25) is 5.91 Å². The average Bonchev–Trinajstić information content (AvgIpc) is 3.21. The Bertz CT molecular complexity index is 847. The Labute approximate surface area is 173 Å². The van der Waals surface area contributed by atoms with Crippen LogP contribution in [0.2, 0.25) is 0 Å². The van der Waals surface area contributed by atoms with Crippen LogP contribution >= 0.6 is 0 Å². The summed E-state index contributed by atoms with van der Waals surface area (Å²) in [5.41, 5.74) is 3.99. The SMILES string of the molecule is O=C(Cc1ccc2c(c1)CCO2)N1CCCC2=C[C@H]3C[C@@H](CN4CCCC[C@H]34)[C@H]21. The maximum atomic E-state index is 13.4. The van der Waals surface area contributed by atoms with Crippen LogP contribution in [0.4, 0.5) is 0 Å². The Morgan fingerprint density at radius 3 is 3.07 bits per heavy atom. The van der Waals surface area contributed by atoms with Gasteiger partial charge >= 0.3 is 0 Å². The number of rotatable bonds is 2. The molecule has 1 aromatic carbocycles. The van der Waals surface area contributed by atoms with Crippen LogP contribution in [0.3, 0.4) is 0 Å². The molecule has 4 heteroatoms. The fourth-order valence-electron chi connectivity index (χ4n) is 6.88. The fourth-order valence-corrected chi connectivity index (χ4v) is 6.88. The molecule has 0 spiro atoms. The van der Waals surface area contributed by atoms with E-state index in [-0.39, 0.29) is 0 Å². The Morgan fingerprint density at radius 1 is 1.14 bits per heavy atom. The van der Waals surface area contributed by atoms with E-state index < -0.39 is 0 Å². The lowest BCUT2D eigenvalue weighted by molar-refractivity contribution is -0.135. The zero-order chi connectivity index (χ0) is 19.4. The summed E-state index contributed by atoms with van der Waals surface area (Å²) in [5.74, 6) is 2.68. The quantitative estimate of drug-likeness (QED) is 0.721. The van der Waals surface area contributed by atoms with E-state index in [1.54, 1.807) is 5.57 Å². The number of ether oxygens (including phenoxy) is 1. The van der Waals surface area contributed by atoms with Gasteiger partial charge in [-0.15, -0.1) is 0 Å². The third kappa shape index (κ3) is 3.11. The molecule has 3 saturated heterocycles. The molecule has 154 valence electrons. The lowest BCUT2D eigenvalue weighted by atomic mass is 9.68. The second-order valence-corrected chi connectivity index (χ2v) is 9.81. The number of hydrogen-bond donors (Lipinski definition) is 0. The zero-order valence-corrected chi connectivity index (χ0v) is 17.3. The Balaban J connectivity index is 1.24. The van der Waals surface area contributed by atoms with Crippen LogP contribution in [-0.2, 0) is 17.6 Å². The number of piperidine rings is 3. The molecule has 4 heterocycles. The number of carbonyl (C=O) groups excluding carboxylic acids is 1. The minimum atomic E-state index is 0.318. The van der Waals surface area contributed by atoms with Gasteiger partial charge in [-0.25, -0.2) is 0 Å². The normalized spacial score (nSPS) is 33.2. The first-order chi connectivity index (χ1) is 14.3. The van der Waals surface area contributed by atoms with E-state index in [9.17, 15) is 4.79 Å². The van der Waals surface area contributed by atoms with Crippen LogP contribution < -0.4 is 4.74 Å². The average molecular weight is 393 g/mol. The van der Waals surface area contributed by atoms with Gasteiger partial charge in [-0.2, -0.15) is 0 Å². The first-order valence-electron chi connectivity index (χ1n) is 11.7. The number of nitrogens with zero attached hydrogens (tertiary/aromatic N) is 2. The van der Waals surface area contributed by atoms with Gasteiger partial charge in [-0.1, -0.05) is 30.2 Å². The van der Waals surface area contributed by atoms with E-state index in [0.29, 0.717) is 24.3 Å². The molecule has 5 aliphatic rings. The van der Waals surface area contributed by atoms with Crippen molar-refractivity contribution in [1.82, 2.24) is 9.80 Å². The lowest BCUT2D eigenvalue weighted by Gasteiger charge is -2.54. The van der Waals surface area contributed by atoms with E-state index in [2.05, 4.69) is 34.1 Å². The van der Waals surface area contributed by atoms with Gasteiger partial charge in [0, 0.05) is 25.6 Å². The molecule has 29 heavy (non-hydrogen) atoms. The molecule has 1 amide bonds. The van der Waals surface area contributed by atoms with E-state index in [1.165, 1.54) is 50.8 Å². The molecule has 1 aliphatic carbocycles. The number of hydrogen-bond acceptors (Lipinski definition) is 3. The van der Waals surface area contributed by atoms with Crippen molar-refractivity contribution < 1.29 is 9.53 Å². The van der Waals surface area contributed by atoms with Crippen LogP contribution in [-0.4, -0.2) is 54.0 Å². The lowest BCUT2D eigenvalue weighted by Crippen LogP contribution is -2.60. The van der Waals surface area contributed by atoms with Crippen molar-refractivity contribution in [2.45, 2.75) is 63.5 Å². The number of likely N-dealkylation sites (tertiary alicyclic amines) is 1. The summed E-state index contributed by atoms with van der Waals surface area (Å²) in [6.45, 7) is 4.16. The van der Waals surface area contributed by atoms with Gasteiger partial charge in [0.1, 0.15) is 5.75 Å². The van der Waals surface area contributed by atoms with Gasteiger partial charge in [-0.05, 0) is 67.7 Å². The molecule has 1 aromatic rings. The minimum Gasteiger partial charge on any atom is -0.493 e.